The summed E-state index contributed by atoms with van der Waals surface area (Å²) < 4.78 is 1.76. The predicted octanol–water partition coefficient (Wildman–Crippen LogP) is 2.52. The van der Waals surface area contributed by atoms with Crippen LogP contribution in [0.2, 0.25) is 0 Å². The van der Waals surface area contributed by atoms with Crippen molar-refractivity contribution in [3.05, 3.63) is 72.6 Å². The van der Waals surface area contributed by atoms with Gasteiger partial charge in [0.25, 0.3) is 0 Å². The Morgan fingerprint density at radius 1 is 0.875 bits per heavy atom. The van der Waals surface area contributed by atoms with Gasteiger partial charge in [0.05, 0.1) is 6.21 Å². The highest BCUT2D eigenvalue weighted by molar-refractivity contribution is 5.77. The maximum atomic E-state index is 4.23. The van der Waals surface area contributed by atoms with Crippen molar-refractivity contribution in [2.75, 3.05) is 0 Å². The molecule has 0 aliphatic heterocycles. The van der Waals surface area contributed by atoms with Crippen molar-refractivity contribution >= 4 is 12.3 Å². The molecule has 0 N–H and O–H groups in total. The first-order valence-corrected chi connectivity index (χ1v) is 5.17. The zero-order valence-corrected chi connectivity index (χ0v) is 8.90. The van der Waals surface area contributed by atoms with Gasteiger partial charge in [-0.15, -0.1) is 0 Å². The van der Waals surface area contributed by atoms with Crippen LogP contribution < -0.4 is 4.68 Å². The third kappa shape index (κ3) is 3.17. The molecule has 2 rings (SSSR count). The Labute approximate surface area is 95.2 Å². The minimum atomic E-state index is 1.17. The Kier molecular flexibility index (Phi) is 3.61. The lowest BCUT2D eigenvalue weighted by Gasteiger charge is -1.87. The van der Waals surface area contributed by atoms with E-state index in [4.69, 9.17) is 0 Å². The molecule has 2 nitrogen and oxygen atoms in total. The molecular formula is C14H13N2+. The van der Waals surface area contributed by atoms with Crippen molar-refractivity contribution < 1.29 is 4.68 Å². The maximum Gasteiger partial charge on any atom is 0.202 e. The summed E-state index contributed by atoms with van der Waals surface area (Å²) in [5, 5.41) is 4.23. The highest BCUT2D eigenvalue weighted by Crippen LogP contribution is 1.99. The second-order valence-electron chi connectivity index (χ2n) is 3.29. The summed E-state index contributed by atoms with van der Waals surface area (Å²) in [7, 11) is 0. The zero-order valence-electron chi connectivity index (χ0n) is 8.90. The lowest BCUT2D eigenvalue weighted by atomic mass is 10.2. The quantitative estimate of drug-likeness (QED) is 0.545. The average molecular weight is 209 g/mol. The monoisotopic (exact) mass is 209 g/mol. The second-order valence-corrected chi connectivity index (χ2v) is 3.29. The highest BCUT2D eigenvalue weighted by atomic mass is 15.3. The smallest absolute Gasteiger partial charge is 0.0622 e. The van der Waals surface area contributed by atoms with Crippen LogP contribution in [0, 0.1) is 0 Å². The highest BCUT2D eigenvalue weighted by Gasteiger charge is 1.88. The van der Waals surface area contributed by atoms with E-state index in [1.54, 1.807) is 10.9 Å². The van der Waals surface area contributed by atoms with E-state index in [1.807, 2.05) is 60.9 Å². The topological polar surface area (TPSA) is 16.2 Å². The minimum absolute atomic E-state index is 1.17. The molecule has 0 aliphatic carbocycles. The molecule has 0 saturated heterocycles. The van der Waals surface area contributed by atoms with Crippen LogP contribution in [-0.4, -0.2) is 6.21 Å². The van der Waals surface area contributed by atoms with Crippen molar-refractivity contribution in [2.24, 2.45) is 5.10 Å². The number of hydrogen-bond donors (Lipinski definition) is 0. The maximum absolute atomic E-state index is 4.23. The second kappa shape index (κ2) is 5.61. The molecule has 0 fully saturated rings. The van der Waals surface area contributed by atoms with Crippen molar-refractivity contribution in [1.82, 2.24) is 0 Å². The molecule has 0 radical (unpaired) electrons. The Morgan fingerprint density at radius 3 is 2.31 bits per heavy atom. The van der Waals surface area contributed by atoms with Crippen LogP contribution in [0.1, 0.15) is 5.56 Å². The summed E-state index contributed by atoms with van der Waals surface area (Å²) in [6.45, 7) is 0. The van der Waals surface area contributed by atoms with Gasteiger partial charge in [-0.05, 0) is 16.7 Å². The van der Waals surface area contributed by atoms with Crippen LogP contribution in [0.15, 0.2) is 72.1 Å². The van der Waals surface area contributed by atoms with Gasteiger partial charge in [-0.3, -0.25) is 0 Å². The third-order valence-electron chi connectivity index (χ3n) is 2.07. The molecular weight excluding hydrogens is 196 g/mol. The van der Waals surface area contributed by atoms with Crippen LogP contribution in [-0.2, 0) is 0 Å². The molecule has 0 saturated carbocycles. The van der Waals surface area contributed by atoms with Gasteiger partial charge in [-0.25, -0.2) is 0 Å². The van der Waals surface area contributed by atoms with Gasteiger partial charge in [-0.1, -0.05) is 47.2 Å². The molecule has 0 atom stereocenters. The third-order valence-corrected chi connectivity index (χ3v) is 2.07. The van der Waals surface area contributed by atoms with Crippen LogP contribution in [0.3, 0.4) is 0 Å². The fourth-order valence-electron chi connectivity index (χ4n) is 1.30. The van der Waals surface area contributed by atoms with E-state index < -0.39 is 0 Å². The molecule has 1 heterocycles. The van der Waals surface area contributed by atoms with E-state index in [1.165, 1.54) is 5.56 Å². The Hall–Kier alpha value is -2.22. The van der Waals surface area contributed by atoms with Gasteiger partial charge >= 0.3 is 0 Å². The van der Waals surface area contributed by atoms with Crippen molar-refractivity contribution in [1.29, 1.82) is 0 Å². The van der Waals surface area contributed by atoms with E-state index in [0.717, 1.165) is 0 Å². The van der Waals surface area contributed by atoms with Gasteiger partial charge < -0.3 is 0 Å². The zero-order chi connectivity index (χ0) is 11.1. The normalized spacial score (nSPS) is 11.2. The van der Waals surface area contributed by atoms with E-state index in [-0.39, 0.29) is 0 Å². The van der Waals surface area contributed by atoms with E-state index in [2.05, 4.69) is 17.2 Å². The number of hydrogen-bond acceptors (Lipinski definition) is 1. The lowest BCUT2D eigenvalue weighted by molar-refractivity contribution is -0.678. The molecule has 0 bridgehead atoms. The molecule has 1 aromatic heterocycles. The number of aromatic nitrogens is 1. The lowest BCUT2D eigenvalue weighted by Crippen LogP contribution is -2.25. The Morgan fingerprint density at radius 2 is 1.56 bits per heavy atom. The summed E-state index contributed by atoms with van der Waals surface area (Å²) in [6.07, 6.45) is 9.51. The molecule has 16 heavy (non-hydrogen) atoms. The number of pyridine rings is 1. The fraction of sp³-hybridized carbons (Fsp3) is 0. The summed E-state index contributed by atoms with van der Waals surface area (Å²) in [4.78, 5) is 0. The Bertz CT molecular complexity index is 425. The molecule has 0 spiro atoms. The first-order chi connectivity index (χ1) is 7.95. The molecule has 0 unspecified atom stereocenters. The van der Waals surface area contributed by atoms with Gasteiger partial charge in [0.15, 0.2) is 0 Å². The molecule has 78 valence electrons. The van der Waals surface area contributed by atoms with Gasteiger partial charge in [0.2, 0.25) is 12.4 Å². The number of allylic oxidation sites excluding steroid dienone is 1. The predicted molar refractivity (Wildman–Crippen MR) is 66.0 cm³/mol. The van der Waals surface area contributed by atoms with E-state index >= 15 is 0 Å². The fourth-order valence-corrected chi connectivity index (χ4v) is 1.30. The van der Waals surface area contributed by atoms with Crippen LogP contribution in [0.4, 0.5) is 0 Å². The summed E-state index contributed by atoms with van der Waals surface area (Å²) in [5.74, 6) is 0. The standard InChI is InChI=1S/C14H13N2/c1-3-8-14(9-4-1)10-7-11-15-16-12-5-2-6-13-16/h1-13H/q+1/b10-7+,15-11?. The average Bonchev–Trinajstić information content (AvgIpc) is 2.37. The van der Waals surface area contributed by atoms with Gasteiger partial charge in [0.1, 0.15) is 0 Å². The van der Waals surface area contributed by atoms with Crippen LogP contribution in [0.25, 0.3) is 6.08 Å². The number of benzene rings is 1. The van der Waals surface area contributed by atoms with Crippen molar-refractivity contribution in [3.8, 4) is 0 Å². The van der Waals surface area contributed by atoms with E-state index in [9.17, 15) is 0 Å². The largest absolute Gasteiger partial charge is 0.202 e. The first kappa shape index (κ1) is 10.3. The van der Waals surface area contributed by atoms with Crippen LogP contribution in [0.5, 0.6) is 0 Å². The summed E-state index contributed by atoms with van der Waals surface area (Å²) in [5.41, 5.74) is 1.17. The minimum Gasteiger partial charge on any atom is -0.0622 e. The molecule has 2 heteroatoms. The number of rotatable bonds is 3. The first-order valence-electron chi connectivity index (χ1n) is 5.17. The molecule has 1 aromatic carbocycles. The Balaban J connectivity index is 1.98. The van der Waals surface area contributed by atoms with Crippen molar-refractivity contribution in [3.63, 3.8) is 0 Å². The molecule has 0 aliphatic rings. The summed E-state index contributed by atoms with van der Waals surface area (Å²) in [6, 6.07) is 16.0. The van der Waals surface area contributed by atoms with Gasteiger partial charge in [-0.2, -0.15) is 0 Å². The summed E-state index contributed by atoms with van der Waals surface area (Å²) >= 11 is 0. The number of nitrogens with zero attached hydrogens (tertiary/aromatic N) is 2. The van der Waals surface area contributed by atoms with Crippen LogP contribution >= 0.6 is 0 Å². The molecule has 2 aromatic rings. The SMILES string of the molecule is C(/C=C/c1ccccc1)=N[n+]1ccccc1. The van der Waals surface area contributed by atoms with Gasteiger partial charge in [0, 0.05) is 12.1 Å². The van der Waals surface area contributed by atoms with Crippen molar-refractivity contribution in [2.45, 2.75) is 0 Å². The molecule has 0 amide bonds. The van der Waals surface area contributed by atoms with E-state index in [0.29, 0.717) is 0 Å².